The summed E-state index contributed by atoms with van der Waals surface area (Å²) >= 11 is 0. The van der Waals surface area contributed by atoms with Crippen molar-refractivity contribution >= 4 is 11.6 Å². The third-order valence-electron chi connectivity index (χ3n) is 3.13. The summed E-state index contributed by atoms with van der Waals surface area (Å²) in [5.74, 6) is -2.12. The van der Waals surface area contributed by atoms with Gasteiger partial charge in [0.2, 0.25) is 0 Å². The fraction of sp³-hybridized carbons (Fsp3) is 0.417. The van der Waals surface area contributed by atoms with Crippen LogP contribution in [-0.4, -0.2) is 23.4 Å². The van der Waals surface area contributed by atoms with Gasteiger partial charge >= 0.3 is 0 Å². The monoisotopic (exact) mass is 240 g/mol. The van der Waals surface area contributed by atoms with Crippen LogP contribution in [0.25, 0.3) is 0 Å². The van der Waals surface area contributed by atoms with Gasteiger partial charge in [0.05, 0.1) is 11.3 Å². The van der Waals surface area contributed by atoms with Crippen LogP contribution >= 0.6 is 0 Å². The highest BCUT2D eigenvalue weighted by Crippen LogP contribution is 2.23. The molecule has 1 aromatic carbocycles. The number of nitrogen functional groups attached to an aromatic ring is 1. The minimum Gasteiger partial charge on any atom is -0.396 e. The van der Waals surface area contributed by atoms with Crippen LogP contribution in [0, 0.1) is 11.6 Å². The van der Waals surface area contributed by atoms with Crippen LogP contribution < -0.4 is 5.73 Å². The molecule has 0 spiro atoms. The number of hydrogen-bond donors (Lipinski definition) is 1. The Morgan fingerprint density at radius 3 is 2.71 bits per heavy atom. The number of nitrogens with zero attached hydrogens (tertiary/aromatic N) is 1. The molecule has 92 valence electrons. The van der Waals surface area contributed by atoms with Gasteiger partial charge < -0.3 is 10.6 Å². The molecule has 1 atom stereocenters. The van der Waals surface area contributed by atoms with Crippen molar-refractivity contribution in [2.45, 2.75) is 25.8 Å². The first-order chi connectivity index (χ1) is 8.00. The predicted octanol–water partition coefficient (Wildman–Crippen LogP) is 2.17. The Hall–Kier alpha value is -1.65. The maximum absolute atomic E-state index is 13.5. The van der Waals surface area contributed by atoms with Crippen LogP contribution in [0.4, 0.5) is 14.5 Å². The molecule has 1 saturated heterocycles. The standard InChI is InChI=1S/C12H14F2N2O/c1-7-3-2-4-16(7)12(17)8-5-11(15)10(14)6-9(8)13/h5-7H,2-4,15H2,1H3. The second-order valence-corrected chi connectivity index (χ2v) is 4.34. The normalized spacial score (nSPS) is 19.7. The molecule has 2 N–H and O–H groups in total. The van der Waals surface area contributed by atoms with Gasteiger partial charge in [0.25, 0.3) is 5.91 Å². The van der Waals surface area contributed by atoms with Crippen molar-refractivity contribution in [3.8, 4) is 0 Å². The van der Waals surface area contributed by atoms with E-state index in [-0.39, 0.29) is 17.3 Å². The van der Waals surface area contributed by atoms with E-state index in [9.17, 15) is 13.6 Å². The van der Waals surface area contributed by atoms with E-state index in [1.165, 1.54) is 0 Å². The van der Waals surface area contributed by atoms with Crippen LogP contribution in [0.15, 0.2) is 12.1 Å². The van der Waals surface area contributed by atoms with Crippen LogP contribution in [-0.2, 0) is 0 Å². The van der Waals surface area contributed by atoms with Crippen molar-refractivity contribution in [2.24, 2.45) is 0 Å². The van der Waals surface area contributed by atoms with Gasteiger partial charge in [-0.3, -0.25) is 4.79 Å². The minimum atomic E-state index is -0.860. The lowest BCUT2D eigenvalue weighted by atomic mass is 10.1. The van der Waals surface area contributed by atoms with Gasteiger partial charge in [0, 0.05) is 18.7 Å². The molecule has 1 aliphatic rings. The van der Waals surface area contributed by atoms with Crippen LogP contribution in [0.5, 0.6) is 0 Å². The van der Waals surface area contributed by atoms with Crippen LogP contribution in [0.1, 0.15) is 30.1 Å². The molecule has 0 aromatic heterocycles. The molecule has 1 amide bonds. The van der Waals surface area contributed by atoms with Gasteiger partial charge in [-0.1, -0.05) is 0 Å². The highest BCUT2D eigenvalue weighted by Gasteiger charge is 2.28. The van der Waals surface area contributed by atoms with E-state index < -0.39 is 17.5 Å². The fourth-order valence-electron chi connectivity index (χ4n) is 2.12. The van der Waals surface area contributed by atoms with E-state index in [4.69, 9.17) is 5.73 Å². The number of rotatable bonds is 1. The van der Waals surface area contributed by atoms with Gasteiger partial charge in [-0.15, -0.1) is 0 Å². The lowest BCUT2D eigenvalue weighted by Crippen LogP contribution is -2.34. The maximum atomic E-state index is 13.5. The highest BCUT2D eigenvalue weighted by atomic mass is 19.1. The number of hydrogen-bond acceptors (Lipinski definition) is 2. The van der Waals surface area contributed by atoms with Crippen molar-refractivity contribution in [1.82, 2.24) is 4.90 Å². The SMILES string of the molecule is CC1CCCN1C(=O)c1cc(N)c(F)cc1F. The zero-order valence-electron chi connectivity index (χ0n) is 9.54. The zero-order valence-corrected chi connectivity index (χ0v) is 9.54. The van der Waals surface area contributed by atoms with Crippen molar-refractivity contribution in [3.05, 3.63) is 29.3 Å². The molecule has 1 aromatic rings. The lowest BCUT2D eigenvalue weighted by molar-refractivity contribution is 0.0742. The van der Waals surface area contributed by atoms with Crippen molar-refractivity contribution in [3.63, 3.8) is 0 Å². The van der Waals surface area contributed by atoms with Crippen molar-refractivity contribution in [1.29, 1.82) is 0 Å². The van der Waals surface area contributed by atoms with Crippen molar-refractivity contribution in [2.75, 3.05) is 12.3 Å². The molecule has 2 rings (SSSR count). The second kappa shape index (κ2) is 4.31. The van der Waals surface area contributed by atoms with Gasteiger partial charge in [-0.2, -0.15) is 0 Å². The van der Waals surface area contributed by atoms with Gasteiger partial charge in [-0.05, 0) is 25.8 Å². The van der Waals surface area contributed by atoms with Gasteiger partial charge in [-0.25, -0.2) is 8.78 Å². The number of benzene rings is 1. The predicted molar refractivity (Wildman–Crippen MR) is 60.5 cm³/mol. The zero-order chi connectivity index (χ0) is 12.6. The third-order valence-corrected chi connectivity index (χ3v) is 3.13. The Morgan fingerprint density at radius 1 is 1.41 bits per heavy atom. The molecule has 5 heteroatoms. The minimum absolute atomic E-state index is 0.0909. The Labute approximate surface area is 98.2 Å². The molecule has 0 aliphatic carbocycles. The topological polar surface area (TPSA) is 46.3 Å². The summed E-state index contributed by atoms with van der Waals surface area (Å²) < 4.78 is 26.5. The summed E-state index contributed by atoms with van der Waals surface area (Å²) in [5, 5.41) is 0. The summed E-state index contributed by atoms with van der Waals surface area (Å²) in [4.78, 5) is 13.6. The number of nitrogens with two attached hydrogens (primary N) is 1. The Kier molecular flexibility index (Phi) is 3.00. The Bertz CT molecular complexity index is 462. The summed E-state index contributed by atoms with van der Waals surface area (Å²) in [6, 6.07) is 1.81. The molecular formula is C12H14F2N2O. The van der Waals surface area contributed by atoms with Crippen molar-refractivity contribution < 1.29 is 13.6 Å². The highest BCUT2D eigenvalue weighted by molar-refractivity contribution is 5.95. The summed E-state index contributed by atoms with van der Waals surface area (Å²) in [6.45, 7) is 2.52. The fourth-order valence-corrected chi connectivity index (χ4v) is 2.12. The molecule has 0 bridgehead atoms. The first-order valence-electron chi connectivity index (χ1n) is 5.56. The molecular weight excluding hydrogens is 226 g/mol. The lowest BCUT2D eigenvalue weighted by Gasteiger charge is -2.21. The number of carbonyl (C=O) groups excluding carboxylic acids is 1. The van der Waals surface area contributed by atoms with Crippen LogP contribution in [0.3, 0.4) is 0 Å². The molecule has 0 radical (unpaired) electrons. The Morgan fingerprint density at radius 2 is 2.12 bits per heavy atom. The molecule has 1 fully saturated rings. The van der Waals surface area contributed by atoms with E-state index in [1.54, 1.807) is 4.90 Å². The number of carbonyl (C=O) groups is 1. The van der Waals surface area contributed by atoms with E-state index in [2.05, 4.69) is 0 Å². The molecule has 1 unspecified atom stereocenters. The molecule has 1 aliphatic heterocycles. The summed E-state index contributed by atoms with van der Waals surface area (Å²) in [6.07, 6.45) is 1.81. The summed E-state index contributed by atoms with van der Waals surface area (Å²) in [5.41, 5.74) is 4.99. The number of amides is 1. The molecule has 3 nitrogen and oxygen atoms in total. The first kappa shape index (κ1) is 11.8. The number of halogens is 2. The smallest absolute Gasteiger partial charge is 0.257 e. The first-order valence-corrected chi connectivity index (χ1v) is 5.56. The second-order valence-electron chi connectivity index (χ2n) is 4.34. The average molecular weight is 240 g/mol. The molecule has 17 heavy (non-hydrogen) atoms. The van der Waals surface area contributed by atoms with E-state index in [0.29, 0.717) is 12.6 Å². The van der Waals surface area contributed by atoms with E-state index in [1.807, 2.05) is 6.92 Å². The average Bonchev–Trinajstić information content (AvgIpc) is 2.69. The number of anilines is 1. The van der Waals surface area contributed by atoms with E-state index in [0.717, 1.165) is 18.9 Å². The summed E-state index contributed by atoms with van der Waals surface area (Å²) in [7, 11) is 0. The van der Waals surface area contributed by atoms with Gasteiger partial charge in [0.15, 0.2) is 0 Å². The van der Waals surface area contributed by atoms with Crippen LogP contribution in [0.2, 0.25) is 0 Å². The third kappa shape index (κ3) is 2.09. The quantitative estimate of drug-likeness (QED) is 0.765. The molecule has 1 heterocycles. The Balaban J connectivity index is 2.34. The largest absolute Gasteiger partial charge is 0.396 e. The maximum Gasteiger partial charge on any atom is 0.257 e. The number of likely N-dealkylation sites (tertiary alicyclic amines) is 1. The van der Waals surface area contributed by atoms with E-state index >= 15 is 0 Å². The van der Waals surface area contributed by atoms with Gasteiger partial charge in [0.1, 0.15) is 11.6 Å². The molecule has 0 saturated carbocycles.